The van der Waals surface area contributed by atoms with Gasteiger partial charge >= 0.3 is 0 Å². The minimum atomic E-state index is -3.82. The molecule has 148 valence electrons. The van der Waals surface area contributed by atoms with Crippen LogP contribution < -0.4 is 0 Å². The molecule has 0 fully saturated rings. The Morgan fingerprint density at radius 1 is 1.11 bits per heavy atom. The highest BCUT2D eigenvalue weighted by Crippen LogP contribution is 2.17. The Balaban J connectivity index is 2.17. The number of carbonyl (C=O) groups excluding carboxylic acids is 1. The lowest BCUT2D eigenvalue weighted by Crippen LogP contribution is -2.44. The van der Waals surface area contributed by atoms with Gasteiger partial charge in [-0.25, -0.2) is 8.42 Å². The SMILES string of the molecule is CCC(C)N(Cc1ccccc1)C(=O)CN(C)S(=O)(=O)c1ccc(C#N)cc1. The first-order valence-electron chi connectivity index (χ1n) is 9.09. The first-order valence-corrected chi connectivity index (χ1v) is 10.5. The molecule has 0 heterocycles. The van der Waals surface area contributed by atoms with Gasteiger partial charge in [0.1, 0.15) is 0 Å². The van der Waals surface area contributed by atoms with Gasteiger partial charge in [-0.1, -0.05) is 37.3 Å². The molecule has 0 bridgehead atoms. The van der Waals surface area contributed by atoms with E-state index in [4.69, 9.17) is 5.26 Å². The van der Waals surface area contributed by atoms with Crippen LogP contribution in [0.25, 0.3) is 0 Å². The number of hydrogen-bond donors (Lipinski definition) is 0. The van der Waals surface area contributed by atoms with Crippen LogP contribution in [0.3, 0.4) is 0 Å². The second-order valence-corrected chi connectivity index (χ2v) is 8.71. The molecule has 1 atom stereocenters. The second-order valence-electron chi connectivity index (χ2n) is 6.66. The lowest BCUT2D eigenvalue weighted by Gasteiger charge is -2.30. The molecule has 2 aromatic carbocycles. The van der Waals surface area contributed by atoms with Gasteiger partial charge in [0.15, 0.2) is 0 Å². The Morgan fingerprint density at radius 3 is 2.25 bits per heavy atom. The Hall–Kier alpha value is -2.69. The van der Waals surface area contributed by atoms with Crippen molar-refractivity contribution in [1.82, 2.24) is 9.21 Å². The quantitative estimate of drug-likeness (QED) is 0.683. The minimum Gasteiger partial charge on any atom is -0.335 e. The molecular weight excluding hydrogens is 374 g/mol. The summed E-state index contributed by atoms with van der Waals surface area (Å²) in [6.45, 7) is 4.13. The third kappa shape index (κ3) is 5.18. The van der Waals surface area contributed by atoms with Gasteiger partial charge < -0.3 is 4.90 Å². The Bertz CT molecular complexity index is 935. The van der Waals surface area contributed by atoms with Gasteiger partial charge in [0.05, 0.1) is 23.1 Å². The number of nitrogens with zero attached hydrogens (tertiary/aromatic N) is 3. The summed E-state index contributed by atoms with van der Waals surface area (Å²) < 4.78 is 26.6. The molecule has 0 radical (unpaired) electrons. The Morgan fingerprint density at radius 2 is 1.71 bits per heavy atom. The number of amides is 1. The largest absolute Gasteiger partial charge is 0.335 e. The summed E-state index contributed by atoms with van der Waals surface area (Å²) in [6, 6.07) is 17.2. The highest BCUT2D eigenvalue weighted by molar-refractivity contribution is 7.89. The lowest BCUT2D eigenvalue weighted by atomic mass is 10.1. The van der Waals surface area contributed by atoms with Crippen LogP contribution in [0, 0.1) is 11.3 Å². The van der Waals surface area contributed by atoms with E-state index in [2.05, 4.69) is 0 Å². The van der Waals surface area contributed by atoms with Crippen molar-refractivity contribution in [3.8, 4) is 6.07 Å². The van der Waals surface area contributed by atoms with Gasteiger partial charge in [0.2, 0.25) is 15.9 Å². The van der Waals surface area contributed by atoms with E-state index >= 15 is 0 Å². The topological polar surface area (TPSA) is 81.5 Å². The van der Waals surface area contributed by atoms with E-state index in [0.717, 1.165) is 16.3 Å². The number of hydrogen-bond acceptors (Lipinski definition) is 4. The monoisotopic (exact) mass is 399 g/mol. The molecule has 7 heteroatoms. The summed E-state index contributed by atoms with van der Waals surface area (Å²) in [5.41, 5.74) is 1.37. The van der Waals surface area contributed by atoms with E-state index in [-0.39, 0.29) is 23.4 Å². The zero-order chi connectivity index (χ0) is 20.7. The van der Waals surface area contributed by atoms with Crippen LogP contribution in [0.2, 0.25) is 0 Å². The molecule has 0 aliphatic heterocycles. The molecule has 6 nitrogen and oxygen atoms in total. The van der Waals surface area contributed by atoms with Gasteiger partial charge in [-0.15, -0.1) is 0 Å². The molecule has 0 N–H and O–H groups in total. The van der Waals surface area contributed by atoms with Crippen LogP contribution >= 0.6 is 0 Å². The smallest absolute Gasteiger partial charge is 0.243 e. The average Bonchev–Trinajstić information content (AvgIpc) is 2.72. The molecule has 0 aromatic heterocycles. The molecule has 28 heavy (non-hydrogen) atoms. The zero-order valence-corrected chi connectivity index (χ0v) is 17.2. The summed E-state index contributed by atoms with van der Waals surface area (Å²) in [6.07, 6.45) is 0.769. The number of carbonyl (C=O) groups is 1. The van der Waals surface area contributed by atoms with Crippen molar-refractivity contribution in [1.29, 1.82) is 5.26 Å². The standard InChI is InChI=1S/C21H25N3O3S/c1-4-17(2)24(15-19-8-6-5-7-9-19)21(25)16-23(3)28(26,27)20-12-10-18(14-22)11-13-20/h5-13,17H,4,15-16H2,1-3H3. The molecule has 0 spiro atoms. The summed E-state index contributed by atoms with van der Waals surface area (Å²) in [5.74, 6) is -0.252. The fraction of sp³-hybridized carbons (Fsp3) is 0.333. The number of likely N-dealkylation sites (N-methyl/N-ethyl adjacent to an activating group) is 1. The summed E-state index contributed by atoms with van der Waals surface area (Å²) in [7, 11) is -2.43. The number of sulfonamides is 1. The van der Waals surface area contributed by atoms with Crippen LogP contribution in [0.1, 0.15) is 31.4 Å². The summed E-state index contributed by atoms with van der Waals surface area (Å²) >= 11 is 0. The molecule has 1 unspecified atom stereocenters. The van der Waals surface area contributed by atoms with Crippen molar-refractivity contribution >= 4 is 15.9 Å². The zero-order valence-electron chi connectivity index (χ0n) is 16.4. The van der Waals surface area contributed by atoms with Crippen molar-refractivity contribution in [2.75, 3.05) is 13.6 Å². The third-order valence-electron chi connectivity index (χ3n) is 4.69. The molecule has 2 aromatic rings. The van der Waals surface area contributed by atoms with Crippen molar-refractivity contribution in [3.05, 3.63) is 65.7 Å². The fourth-order valence-corrected chi connectivity index (χ4v) is 3.86. The Labute approximate surface area is 167 Å². The summed E-state index contributed by atoms with van der Waals surface area (Å²) in [5, 5.41) is 8.86. The first kappa shape index (κ1) is 21.6. The second kappa shape index (κ2) is 9.49. The van der Waals surface area contributed by atoms with Crippen molar-refractivity contribution in [2.24, 2.45) is 0 Å². The average molecular weight is 400 g/mol. The van der Waals surface area contributed by atoms with E-state index in [1.54, 1.807) is 4.90 Å². The van der Waals surface area contributed by atoms with E-state index in [1.807, 2.05) is 50.2 Å². The van der Waals surface area contributed by atoms with Gasteiger partial charge in [-0.2, -0.15) is 9.57 Å². The van der Waals surface area contributed by atoms with E-state index in [0.29, 0.717) is 12.1 Å². The number of benzene rings is 2. The van der Waals surface area contributed by atoms with E-state index < -0.39 is 10.0 Å². The lowest BCUT2D eigenvalue weighted by molar-refractivity contribution is -0.134. The van der Waals surface area contributed by atoms with Gasteiger partial charge in [0.25, 0.3) is 0 Å². The van der Waals surface area contributed by atoms with Gasteiger partial charge in [-0.3, -0.25) is 4.79 Å². The number of rotatable bonds is 8. The fourth-order valence-electron chi connectivity index (χ4n) is 2.74. The van der Waals surface area contributed by atoms with Crippen LogP contribution in [0.15, 0.2) is 59.5 Å². The molecule has 0 aliphatic carbocycles. The van der Waals surface area contributed by atoms with E-state index in [9.17, 15) is 13.2 Å². The Kier molecular flexibility index (Phi) is 7.32. The van der Waals surface area contributed by atoms with Crippen molar-refractivity contribution in [3.63, 3.8) is 0 Å². The van der Waals surface area contributed by atoms with Gasteiger partial charge in [0, 0.05) is 19.6 Å². The maximum atomic E-state index is 12.9. The van der Waals surface area contributed by atoms with Crippen LogP contribution in [0.5, 0.6) is 0 Å². The summed E-state index contributed by atoms with van der Waals surface area (Å²) in [4.78, 5) is 14.7. The van der Waals surface area contributed by atoms with Crippen LogP contribution in [-0.2, 0) is 21.4 Å². The molecule has 2 rings (SSSR count). The maximum absolute atomic E-state index is 12.9. The molecular formula is C21H25N3O3S. The third-order valence-corrected chi connectivity index (χ3v) is 6.51. The van der Waals surface area contributed by atoms with E-state index in [1.165, 1.54) is 31.3 Å². The maximum Gasteiger partial charge on any atom is 0.243 e. The van der Waals surface area contributed by atoms with Crippen molar-refractivity contribution in [2.45, 2.75) is 37.8 Å². The van der Waals surface area contributed by atoms with Gasteiger partial charge in [-0.05, 0) is 43.2 Å². The van der Waals surface area contributed by atoms with Crippen LogP contribution in [0.4, 0.5) is 0 Å². The van der Waals surface area contributed by atoms with Crippen molar-refractivity contribution < 1.29 is 13.2 Å². The molecule has 1 amide bonds. The highest BCUT2D eigenvalue weighted by Gasteiger charge is 2.27. The highest BCUT2D eigenvalue weighted by atomic mass is 32.2. The predicted octanol–water partition coefficient (Wildman–Crippen LogP) is 3.01. The first-order chi connectivity index (χ1) is 13.3. The molecule has 0 aliphatic rings. The number of nitriles is 1. The normalized spacial score (nSPS) is 12.4. The molecule has 0 saturated heterocycles. The predicted molar refractivity (Wildman–Crippen MR) is 108 cm³/mol. The van der Waals surface area contributed by atoms with Crippen LogP contribution in [-0.4, -0.2) is 43.2 Å². The minimum absolute atomic E-state index is 0.0151. The molecule has 0 saturated carbocycles.